The van der Waals surface area contributed by atoms with Crippen LogP contribution in [0.4, 0.5) is 0 Å². The van der Waals surface area contributed by atoms with Gasteiger partial charge in [-0.1, -0.05) is 12.1 Å². The Morgan fingerprint density at radius 2 is 2.20 bits per heavy atom. The predicted molar refractivity (Wildman–Crippen MR) is 71.3 cm³/mol. The molecule has 4 rings (SSSR count). The molecule has 0 aliphatic carbocycles. The highest BCUT2D eigenvalue weighted by Gasteiger charge is 2.38. The van der Waals surface area contributed by atoms with Crippen LogP contribution >= 0.6 is 0 Å². The molecule has 2 aliphatic heterocycles. The zero-order valence-electron chi connectivity index (χ0n) is 10.8. The van der Waals surface area contributed by atoms with Gasteiger partial charge < -0.3 is 4.90 Å². The van der Waals surface area contributed by atoms with E-state index in [2.05, 4.69) is 11.1 Å². The van der Waals surface area contributed by atoms with Crippen LogP contribution in [-0.2, 0) is 0 Å². The van der Waals surface area contributed by atoms with Crippen molar-refractivity contribution in [3.8, 4) is 11.8 Å². The van der Waals surface area contributed by atoms with E-state index in [1.54, 1.807) is 6.33 Å². The van der Waals surface area contributed by atoms with Gasteiger partial charge in [0.2, 0.25) is 0 Å². The average Bonchev–Trinajstić information content (AvgIpc) is 3.10. The monoisotopic (exact) mass is 264 g/mol. The minimum Gasteiger partial charge on any atom is -0.330 e. The summed E-state index contributed by atoms with van der Waals surface area (Å²) in [7, 11) is 0. The van der Waals surface area contributed by atoms with Gasteiger partial charge >= 0.3 is 0 Å². The molecule has 3 heterocycles. The number of carbonyl (C=O) groups is 1. The summed E-state index contributed by atoms with van der Waals surface area (Å²) in [6.07, 6.45) is 3.51. The second-order valence-corrected chi connectivity index (χ2v) is 5.13. The normalized spacial score (nSPS) is 19.9. The molecule has 0 saturated carbocycles. The number of aromatic nitrogens is 2. The van der Waals surface area contributed by atoms with Crippen molar-refractivity contribution in [1.29, 1.82) is 5.26 Å². The van der Waals surface area contributed by atoms with Crippen molar-refractivity contribution < 1.29 is 4.79 Å². The molecule has 5 nitrogen and oxygen atoms in total. The Morgan fingerprint density at radius 1 is 1.35 bits per heavy atom. The maximum Gasteiger partial charge on any atom is 0.256 e. The molecule has 0 bridgehead atoms. The van der Waals surface area contributed by atoms with Crippen LogP contribution in [0.15, 0.2) is 30.6 Å². The van der Waals surface area contributed by atoms with Crippen LogP contribution in [0, 0.1) is 11.3 Å². The molecule has 0 spiro atoms. The molecule has 1 amide bonds. The minimum absolute atomic E-state index is 0.0351. The van der Waals surface area contributed by atoms with Crippen molar-refractivity contribution in [3.63, 3.8) is 0 Å². The van der Waals surface area contributed by atoms with Crippen LogP contribution in [-0.4, -0.2) is 26.9 Å². The van der Waals surface area contributed by atoms with Gasteiger partial charge in [0.1, 0.15) is 12.4 Å². The average molecular weight is 264 g/mol. The highest BCUT2D eigenvalue weighted by molar-refractivity contribution is 5.99. The maximum absolute atomic E-state index is 12.7. The molecule has 1 atom stereocenters. The first-order chi connectivity index (χ1) is 9.81. The Labute approximate surface area is 116 Å². The molecule has 0 unspecified atom stereocenters. The van der Waals surface area contributed by atoms with Gasteiger partial charge in [0, 0.05) is 6.54 Å². The number of nitrogens with zero attached hydrogens (tertiary/aromatic N) is 4. The lowest BCUT2D eigenvalue weighted by Crippen LogP contribution is -2.29. The van der Waals surface area contributed by atoms with Gasteiger partial charge in [-0.05, 0) is 25.0 Å². The van der Waals surface area contributed by atoms with E-state index >= 15 is 0 Å². The Hall–Kier alpha value is -2.61. The van der Waals surface area contributed by atoms with Gasteiger partial charge in [-0.25, -0.2) is 4.98 Å². The number of benzene rings is 1. The molecule has 1 aromatic carbocycles. The summed E-state index contributed by atoms with van der Waals surface area (Å²) in [6, 6.07) is 9.63. The van der Waals surface area contributed by atoms with Crippen molar-refractivity contribution in [3.05, 3.63) is 47.5 Å². The number of hydrogen-bond donors (Lipinski definition) is 0. The Balaban J connectivity index is 2.07. The SMILES string of the molecule is N#Cc1ncn2c1[C@@H]1CCCN1C(=O)c1ccccc1-2. The largest absolute Gasteiger partial charge is 0.330 e. The van der Waals surface area contributed by atoms with Gasteiger partial charge in [-0.15, -0.1) is 0 Å². The first-order valence-electron chi connectivity index (χ1n) is 6.69. The van der Waals surface area contributed by atoms with E-state index in [-0.39, 0.29) is 11.9 Å². The van der Waals surface area contributed by atoms with Crippen LogP contribution < -0.4 is 0 Å². The van der Waals surface area contributed by atoms with Crippen LogP contribution in [0.25, 0.3) is 5.69 Å². The Bertz CT molecular complexity index is 755. The summed E-state index contributed by atoms with van der Waals surface area (Å²) in [5, 5.41) is 9.28. The van der Waals surface area contributed by atoms with Crippen LogP contribution in [0.5, 0.6) is 0 Å². The van der Waals surface area contributed by atoms with Gasteiger partial charge in [0.15, 0.2) is 5.69 Å². The van der Waals surface area contributed by atoms with E-state index in [0.29, 0.717) is 11.3 Å². The van der Waals surface area contributed by atoms with E-state index in [1.807, 2.05) is 33.7 Å². The summed E-state index contributed by atoms with van der Waals surface area (Å²) in [5.74, 6) is 0.0516. The molecule has 0 N–H and O–H groups in total. The van der Waals surface area contributed by atoms with E-state index in [4.69, 9.17) is 0 Å². The lowest BCUT2D eigenvalue weighted by molar-refractivity contribution is 0.0738. The third-order valence-corrected chi connectivity index (χ3v) is 4.13. The summed E-state index contributed by atoms with van der Waals surface area (Å²) in [4.78, 5) is 18.8. The van der Waals surface area contributed by atoms with Gasteiger partial charge in [0.05, 0.1) is 23.0 Å². The highest BCUT2D eigenvalue weighted by Crippen LogP contribution is 2.39. The first kappa shape index (κ1) is 11.2. The summed E-state index contributed by atoms with van der Waals surface area (Å²) >= 11 is 0. The smallest absolute Gasteiger partial charge is 0.256 e. The van der Waals surface area contributed by atoms with E-state index in [9.17, 15) is 10.1 Å². The number of carbonyl (C=O) groups excluding carboxylic acids is 1. The number of nitriles is 1. The zero-order chi connectivity index (χ0) is 13.7. The number of rotatable bonds is 0. The van der Waals surface area contributed by atoms with Crippen molar-refractivity contribution >= 4 is 5.91 Å². The minimum atomic E-state index is -0.0351. The van der Waals surface area contributed by atoms with E-state index in [0.717, 1.165) is 30.8 Å². The molecule has 98 valence electrons. The molecule has 5 heteroatoms. The lowest BCUT2D eigenvalue weighted by Gasteiger charge is -2.22. The van der Waals surface area contributed by atoms with Crippen molar-refractivity contribution in [2.45, 2.75) is 18.9 Å². The Kier molecular flexibility index (Phi) is 2.21. The molecular formula is C15H12N4O. The molecule has 1 aromatic heterocycles. The second-order valence-electron chi connectivity index (χ2n) is 5.13. The Morgan fingerprint density at radius 3 is 3.05 bits per heavy atom. The molecule has 2 aromatic rings. The number of amides is 1. The standard InChI is InChI=1S/C15H12N4O/c16-8-11-14-13-6-3-7-18(13)15(20)10-4-1-2-5-12(10)19(14)9-17-11/h1-2,4-5,9,13H,3,6-7H2/t13-/m0/s1. The van der Waals surface area contributed by atoms with Crippen LogP contribution in [0.2, 0.25) is 0 Å². The quantitative estimate of drug-likeness (QED) is 0.731. The fourth-order valence-corrected chi connectivity index (χ4v) is 3.27. The predicted octanol–water partition coefficient (Wildman–Crippen LogP) is 2.03. The number of para-hydroxylation sites is 1. The molecule has 20 heavy (non-hydrogen) atoms. The maximum atomic E-state index is 12.7. The molecule has 2 aliphatic rings. The first-order valence-corrected chi connectivity index (χ1v) is 6.69. The van der Waals surface area contributed by atoms with E-state index in [1.165, 1.54) is 0 Å². The topological polar surface area (TPSA) is 61.9 Å². The molecule has 0 radical (unpaired) electrons. The number of fused-ring (bicyclic) bond motifs is 5. The molecule has 1 fully saturated rings. The van der Waals surface area contributed by atoms with Gasteiger partial charge in [-0.3, -0.25) is 9.36 Å². The van der Waals surface area contributed by atoms with Crippen molar-refractivity contribution in [2.24, 2.45) is 0 Å². The molecule has 1 saturated heterocycles. The third-order valence-electron chi connectivity index (χ3n) is 4.13. The van der Waals surface area contributed by atoms with Crippen molar-refractivity contribution in [2.75, 3.05) is 6.54 Å². The van der Waals surface area contributed by atoms with Gasteiger partial charge in [-0.2, -0.15) is 5.26 Å². The zero-order valence-corrected chi connectivity index (χ0v) is 10.8. The van der Waals surface area contributed by atoms with Gasteiger partial charge in [0.25, 0.3) is 5.91 Å². The number of imidazole rings is 1. The third kappa shape index (κ3) is 1.31. The van der Waals surface area contributed by atoms with Crippen LogP contribution in [0.1, 0.15) is 40.6 Å². The van der Waals surface area contributed by atoms with E-state index < -0.39 is 0 Å². The highest BCUT2D eigenvalue weighted by atomic mass is 16.2. The van der Waals surface area contributed by atoms with Crippen LogP contribution in [0.3, 0.4) is 0 Å². The fourth-order valence-electron chi connectivity index (χ4n) is 3.27. The summed E-state index contributed by atoms with van der Waals surface area (Å²) in [6.45, 7) is 0.744. The second kappa shape index (κ2) is 3.94. The van der Waals surface area contributed by atoms with Crippen molar-refractivity contribution in [1.82, 2.24) is 14.5 Å². The summed E-state index contributed by atoms with van der Waals surface area (Å²) in [5.41, 5.74) is 2.77. The molecular weight excluding hydrogens is 252 g/mol. The fraction of sp³-hybridized carbons (Fsp3) is 0.267. The summed E-state index contributed by atoms with van der Waals surface area (Å²) < 4.78 is 1.90. The lowest BCUT2D eigenvalue weighted by atomic mass is 10.1. The number of hydrogen-bond acceptors (Lipinski definition) is 3.